The lowest BCUT2D eigenvalue weighted by Crippen LogP contribution is -2.44. The Morgan fingerprint density at radius 1 is 1.06 bits per heavy atom. The third-order valence-electron chi connectivity index (χ3n) is 6.69. The maximum atomic E-state index is 13.8. The second-order valence-electron chi connectivity index (χ2n) is 9.08. The van der Waals surface area contributed by atoms with Crippen molar-refractivity contribution in [2.75, 3.05) is 56.7 Å². The fourth-order valence-corrected chi connectivity index (χ4v) is 4.63. The number of anilines is 2. The summed E-state index contributed by atoms with van der Waals surface area (Å²) in [7, 11) is 3.30. The van der Waals surface area contributed by atoms with Crippen molar-refractivity contribution in [2.24, 2.45) is 0 Å². The highest BCUT2D eigenvalue weighted by molar-refractivity contribution is 6.00. The minimum absolute atomic E-state index is 0.0364. The summed E-state index contributed by atoms with van der Waals surface area (Å²) in [4.78, 5) is 49.8. The van der Waals surface area contributed by atoms with Crippen LogP contribution in [0.15, 0.2) is 47.4 Å². The molecule has 10 heteroatoms. The van der Waals surface area contributed by atoms with E-state index in [0.717, 1.165) is 43.9 Å². The molecule has 1 aromatic carbocycles. The highest BCUT2D eigenvalue weighted by Crippen LogP contribution is 2.31. The average molecular weight is 492 g/mol. The molecule has 188 valence electrons. The van der Waals surface area contributed by atoms with E-state index in [9.17, 15) is 14.4 Å². The van der Waals surface area contributed by atoms with Crippen molar-refractivity contribution in [1.82, 2.24) is 14.3 Å². The Hall–Kier alpha value is -3.92. The van der Waals surface area contributed by atoms with Crippen LogP contribution in [0.5, 0.6) is 5.75 Å². The van der Waals surface area contributed by atoms with E-state index in [1.807, 2.05) is 36.4 Å². The minimum Gasteiger partial charge on any atom is -0.481 e. The number of carbonyl (C=O) groups is 2. The summed E-state index contributed by atoms with van der Waals surface area (Å²) < 4.78 is 12.2. The van der Waals surface area contributed by atoms with Crippen LogP contribution in [0.4, 0.5) is 11.4 Å². The van der Waals surface area contributed by atoms with Gasteiger partial charge in [0, 0.05) is 45.3 Å². The number of hydrogen-bond donors (Lipinski definition) is 0. The number of likely N-dealkylation sites (N-methyl/N-ethyl adjacent to an activating group) is 1. The zero-order valence-corrected chi connectivity index (χ0v) is 20.5. The van der Waals surface area contributed by atoms with E-state index in [1.54, 1.807) is 11.1 Å². The number of pyridine rings is 1. The van der Waals surface area contributed by atoms with Crippen molar-refractivity contribution in [3.63, 3.8) is 0 Å². The first kappa shape index (κ1) is 23.8. The lowest BCUT2D eigenvalue weighted by Gasteiger charge is -2.34. The maximum Gasteiger partial charge on any atom is 0.360 e. The van der Waals surface area contributed by atoms with E-state index in [1.165, 1.54) is 11.5 Å². The normalized spacial score (nSPS) is 16.6. The van der Waals surface area contributed by atoms with E-state index in [0.29, 0.717) is 18.7 Å². The SMILES string of the molecule is COC(=O)c1nc2c(N3CCCC3=O)cc(N3CCN(C)CC3)cn2c(=O)c1OCc1ccccc1. The lowest BCUT2D eigenvalue weighted by molar-refractivity contribution is -0.117. The molecule has 36 heavy (non-hydrogen) atoms. The molecule has 1 amide bonds. The first-order valence-corrected chi connectivity index (χ1v) is 12.1. The molecule has 3 aromatic rings. The van der Waals surface area contributed by atoms with E-state index in [2.05, 4.69) is 21.8 Å². The Bertz CT molecular complexity index is 1350. The van der Waals surface area contributed by atoms with E-state index < -0.39 is 11.5 Å². The van der Waals surface area contributed by atoms with Gasteiger partial charge in [0.15, 0.2) is 11.3 Å². The molecule has 2 aliphatic heterocycles. The number of methoxy groups -OCH3 is 1. The summed E-state index contributed by atoms with van der Waals surface area (Å²) in [5.41, 5.74) is 1.65. The molecule has 0 N–H and O–H groups in total. The molecule has 2 fully saturated rings. The van der Waals surface area contributed by atoms with Crippen LogP contribution in [0.2, 0.25) is 0 Å². The number of ether oxygens (including phenoxy) is 2. The minimum atomic E-state index is -0.778. The first-order valence-electron chi connectivity index (χ1n) is 12.1. The third-order valence-corrected chi connectivity index (χ3v) is 6.69. The Morgan fingerprint density at radius 2 is 1.81 bits per heavy atom. The van der Waals surface area contributed by atoms with Gasteiger partial charge in [-0.05, 0) is 25.1 Å². The molecule has 2 aliphatic rings. The van der Waals surface area contributed by atoms with Crippen LogP contribution in [0.25, 0.3) is 5.65 Å². The molecule has 0 saturated carbocycles. The summed E-state index contributed by atoms with van der Waals surface area (Å²) in [5.74, 6) is -0.998. The third kappa shape index (κ3) is 4.51. The van der Waals surface area contributed by atoms with Crippen molar-refractivity contribution in [3.05, 3.63) is 64.2 Å². The van der Waals surface area contributed by atoms with Crippen molar-refractivity contribution in [1.29, 1.82) is 0 Å². The first-order chi connectivity index (χ1) is 17.5. The van der Waals surface area contributed by atoms with Gasteiger partial charge in [-0.15, -0.1) is 0 Å². The van der Waals surface area contributed by atoms with Crippen LogP contribution >= 0.6 is 0 Å². The van der Waals surface area contributed by atoms with Crippen LogP contribution in [0, 0.1) is 0 Å². The predicted octanol–water partition coefficient (Wildman–Crippen LogP) is 1.94. The van der Waals surface area contributed by atoms with Crippen LogP contribution in [0.1, 0.15) is 28.9 Å². The van der Waals surface area contributed by atoms with Gasteiger partial charge in [0.05, 0.1) is 18.5 Å². The molecule has 0 spiro atoms. The highest BCUT2D eigenvalue weighted by atomic mass is 16.5. The van der Waals surface area contributed by atoms with Crippen molar-refractivity contribution < 1.29 is 19.1 Å². The summed E-state index contributed by atoms with van der Waals surface area (Å²) >= 11 is 0. The smallest absolute Gasteiger partial charge is 0.360 e. The van der Waals surface area contributed by atoms with Gasteiger partial charge in [-0.25, -0.2) is 9.78 Å². The monoisotopic (exact) mass is 491 g/mol. The van der Waals surface area contributed by atoms with Gasteiger partial charge < -0.3 is 24.2 Å². The number of aromatic nitrogens is 2. The second kappa shape index (κ2) is 9.98. The number of rotatable bonds is 6. The molecule has 10 nitrogen and oxygen atoms in total. The van der Waals surface area contributed by atoms with Gasteiger partial charge in [0.2, 0.25) is 11.7 Å². The zero-order chi connectivity index (χ0) is 25.2. The number of benzene rings is 1. The van der Waals surface area contributed by atoms with Gasteiger partial charge in [0.25, 0.3) is 0 Å². The molecule has 5 rings (SSSR count). The Balaban J connectivity index is 1.67. The predicted molar refractivity (Wildman–Crippen MR) is 135 cm³/mol. The number of amides is 1. The Morgan fingerprint density at radius 3 is 2.47 bits per heavy atom. The Labute approximate surface area is 208 Å². The number of nitrogens with zero attached hydrogens (tertiary/aromatic N) is 5. The zero-order valence-electron chi connectivity index (χ0n) is 20.5. The molecule has 2 saturated heterocycles. The van der Waals surface area contributed by atoms with Gasteiger partial charge in [-0.1, -0.05) is 30.3 Å². The number of piperazine rings is 1. The molecule has 0 radical (unpaired) electrons. The summed E-state index contributed by atoms with van der Waals surface area (Å²) in [6.07, 6.45) is 2.86. The molecule has 0 atom stereocenters. The lowest BCUT2D eigenvalue weighted by atomic mass is 10.2. The Kier molecular flexibility index (Phi) is 6.60. The van der Waals surface area contributed by atoms with E-state index in [-0.39, 0.29) is 29.6 Å². The molecular formula is C26H29N5O5. The van der Waals surface area contributed by atoms with Crippen LogP contribution in [-0.4, -0.2) is 73.0 Å². The van der Waals surface area contributed by atoms with Gasteiger partial charge in [0.1, 0.15) is 6.61 Å². The number of carbonyl (C=O) groups excluding carboxylic acids is 2. The quantitative estimate of drug-likeness (QED) is 0.483. The highest BCUT2D eigenvalue weighted by Gasteiger charge is 2.29. The molecule has 0 unspecified atom stereocenters. The summed E-state index contributed by atoms with van der Waals surface area (Å²) in [6, 6.07) is 11.2. The number of hydrogen-bond acceptors (Lipinski definition) is 8. The topological polar surface area (TPSA) is 96.7 Å². The van der Waals surface area contributed by atoms with Crippen LogP contribution < -0.4 is 20.1 Å². The fourth-order valence-electron chi connectivity index (χ4n) is 4.63. The number of fused-ring (bicyclic) bond motifs is 1. The second-order valence-corrected chi connectivity index (χ2v) is 9.08. The molecule has 4 heterocycles. The van der Waals surface area contributed by atoms with Crippen molar-refractivity contribution in [2.45, 2.75) is 19.4 Å². The maximum absolute atomic E-state index is 13.8. The summed E-state index contributed by atoms with van der Waals surface area (Å²) in [6.45, 7) is 3.95. The standard InChI is InChI=1S/C26H29N5O5/c1-28-11-13-29(14-12-28)19-15-20(30-10-6-9-21(30)32)24-27-22(26(34)35-2)23(25(33)31(24)16-19)36-17-18-7-4-3-5-8-18/h3-5,7-8,15-16H,6,9-14,17H2,1-2H3. The molecule has 2 aromatic heterocycles. The van der Waals surface area contributed by atoms with Crippen molar-refractivity contribution >= 4 is 28.9 Å². The van der Waals surface area contributed by atoms with Gasteiger partial charge >= 0.3 is 11.5 Å². The van der Waals surface area contributed by atoms with E-state index in [4.69, 9.17) is 9.47 Å². The largest absolute Gasteiger partial charge is 0.481 e. The van der Waals surface area contributed by atoms with Gasteiger partial charge in [-0.3, -0.25) is 14.0 Å². The summed E-state index contributed by atoms with van der Waals surface area (Å²) in [5, 5.41) is 0. The van der Waals surface area contributed by atoms with E-state index >= 15 is 0 Å². The fraction of sp³-hybridized carbons (Fsp3) is 0.385. The average Bonchev–Trinajstić information content (AvgIpc) is 3.33. The van der Waals surface area contributed by atoms with Crippen LogP contribution in [0.3, 0.4) is 0 Å². The molecular weight excluding hydrogens is 462 g/mol. The van der Waals surface area contributed by atoms with Crippen LogP contribution in [-0.2, 0) is 16.1 Å². The number of esters is 1. The molecule has 0 bridgehead atoms. The van der Waals surface area contributed by atoms with Gasteiger partial charge in [-0.2, -0.15) is 0 Å². The molecule has 0 aliphatic carbocycles. The van der Waals surface area contributed by atoms with Crippen molar-refractivity contribution in [3.8, 4) is 5.75 Å².